The second-order valence-electron chi connectivity index (χ2n) is 2.93. The first-order valence-electron chi connectivity index (χ1n) is 4.18. The van der Waals surface area contributed by atoms with Crippen molar-refractivity contribution in [2.75, 3.05) is 0 Å². The highest BCUT2D eigenvalue weighted by Gasteiger charge is 2.09. The topological polar surface area (TPSA) is 55.9 Å². The molecular formula is C8H16N4. The Hall–Kier alpha value is -0.870. The van der Waals surface area contributed by atoms with E-state index in [2.05, 4.69) is 23.5 Å². The van der Waals surface area contributed by atoms with Crippen LogP contribution in [-0.2, 0) is 13.5 Å². The van der Waals surface area contributed by atoms with E-state index in [1.807, 2.05) is 18.7 Å². The molecule has 12 heavy (non-hydrogen) atoms. The van der Waals surface area contributed by atoms with Crippen molar-refractivity contribution in [3.05, 3.63) is 17.5 Å². The molecule has 0 saturated heterocycles. The smallest absolute Gasteiger partial charge is 0.0625 e. The number of hydrogen-bond acceptors (Lipinski definition) is 3. The average molecular weight is 168 g/mol. The summed E-state index contributed by atoms with van der Waals surface area (Å²) in [5.41, 5.74) is 4.92. The first-order chi connectivity index (χ1) is 5.69. The Morgan fingerprint density at radius 1 is 1.75 bits per heavy atom. The van der Waals surface area contributed by atoms with Crippen LogP contribution in [0.1, 0.15) is 31.3 Å². The lowest BCUT2D eigenvalue weighted by Gasteiger charge is -2.08. The fraction of sp³-hybridized carbons (Fsp3) is 0.625. The van der Waals surface area contributed by atoms with Crippen LogP contribution in [0.2, 0.25) is 0 Å². The van der Waals surface area contributed by atoms with Crippen molar-refractivity contribution < 1.29 is 0 Å². The summed E-state index contributed by atoms with van der Waals surface area (Å²) in [5, 5.41) is 4.32. The van der Waals surface area contributed by atoms with Crippen LogP contribution in [0.5, 0.6) is 0 Å². The van der Waals surface area contributed by atoms with Gasteiger partial charge in [0, 0.05) is 7.05 Å². The van der Waals surface area contributed by atoms with Crippen molar-refractivity contribution in [2.45, 2.75) is 26.3 Å². The molecule has 1 heterocycles. The molecule has 1 aromatic rings. The molecule has 0 aliphatic carbocycles. The van der Waals surface area contributed by atoms with Gasteiger partial charge in [0.2, 0.25) is 0 Å². The van der Waals surface area contributed by atoms with Crippen LogP contribution in [0.25, 0.3) is 0 Å². The second-order valence-corrected chi connectivity index (χ2v) is 2.93. The maximum atomic E-state index is 5.33. The highest BCUT2D eigenvalue weighted by Crippen LogP contribution is 2.11. The van der Waals surface area contributed by atoms with Gasteiger partial charge in [-0.05, 0) is 19.4 Å². The SMILES string of the molecule is CCc1cc(C(C)NN)n(C)n1. The lowest BCUT2D eigenvalue weighted by Crippen LogP contribution is -2.27. The number of nitrogens with two attached hydrogens (primary N) is 1. The van der Waals surface area contributed by atoms with Gasteiger partial charge in [0.1, 0.15) is 0 Å². The van der Waals surface area contributed by atoms with Gasteiger partial charge < -0.3 is 0 Å². The Morgan fingerprint density at radius 2 is 2.42 bits per heavy atom. The molecule has 0 aliphatic rings. The minimum atomic E-state index is 0.155. The molecule has 0 aromatic carbocycles. The molecule has 4 heteroatoms. The van der Waals surface area contributed by atoms with Gasteiger partial charge in [-0.1, -0.05) is 6.92 Å². The maximum Gasteiger partial charge on any atom is 0.0625 e. The molecule has 0 bridgehead atoms. The van der Waals surface area contributed by atoms with Gasteiger partial charge >= 0.3 is 0 Å². The van der Waals surface area contributed by atoms with Crippen LogP contribution in [0.3, 0.4) is 0 Å². The number of hydrogen-bond donors (Lipinski definition) is 2. The van der Waals surface area contributed by atoms with E-state index in [-0.39, 0.29) is 6.04 Å². The Bertz CT molecular complexity index is 254. The highest BCUT2D eigenvalue weighted by molar-refractivity contribution is 5.13. The minimum absolute atomic E-state index is 0.155. The molecule has 4 nitrogen and oxygen atoms in total. The monoisotopic (exact) mass is 168 g/mol. The van der Waals surface area contributed by atoms with Gasteiger partial charge in [-0.25, -0.2) is 0 Å². The van der Waals surface area contributed by atoms with Crippen LogP contribution in [0, 0.1) is 0 Å². The van der Waals surface area contributed by atoms with Gasteiger partial charge in [-0.3, -0.25) is 16.0 Å². The van der Waals surface area contributed by atoms with E-state index < -0.39 is 0 Å². The Balaban J connectivity index is 2.91. The van der Waals surface area contributed by atoms with E-state index >= 15 is 0 Å². The number of nitrogens with zero attached hydrogens (tertiary/aromatic N) is 2. The van der Waals surface area contributed by atoms with Crippen molar-refractivity contribution in [3.63, 3.8) is 0 Å². The number of hydrazine groups is 1. The summed E-state index contributed by atoms with van der Waals surface area (Å²) in [4.78, 5) is 0. The number of rotatable bonds is 3. The molecule has 0 amide bonds. The molecule has 1 unspecified atom stereocenters. The van der Waals surface area contributed by atoms with Gasteiger partial charge in [0.25, 0.3) is 0 Å². The maximum absolute atomic E-state index is 5.33. The molecule has 0 spiro atoms. The zero-order valence-electron chi connectivity index (χ0n) is 7.83. The average Bonchev–Trinajstić information content (AvgIpc) is 2.45. The fourth-order valence-corrected chi connectivity index (χ4v) is 1.21. The van der Waals surface area contributed by atoms with Crippen molar-refractivity contribution in [1.29, 1.82) is 0 Å². The summed E-state index contributed by atoms with van der Waals surface area (Å²) in [6.07, 6.45) is 0.963. The summed E-state index contributed by atoms with van der Waals surface area (Å²) in [6.45, 7) is 4.10. The van der Waals surface area contributed by atoms with E-state index in [9.17, 15) is 0 Å². The van der Waals surface area contributed by atoms with E-state index in [1.54, 1.807) is 0 Å². The molecule has 0 radical (unpaired) electrons. The van der Waals surface area contributed by atoms with Gasteiger partial charge in [0.15, 0.2) is 0 Å². The molecule has 1 rings (SSSR count). The summed E-state index contributed by atoms with van der Waals surface area (Å²) >= 11 is 0. The zero-order chi connectivity index (χ0) is 9.14. The summed E-state index contributed by atoms with van der Waals surface area (Å²) in [7, 11) is 1.93. The Kier molecular flexibility index (Phi) is 2.83. The third kappa shape index (κ3) is 1.65. The molecule has 0 aliphatic heterocycles. The standard InChI is InChI=1S/C8H16N4/c1-4-7-5-8(6(2)10-9)12(3)11-7/h5-6,10H,4,9H2,1-3H3. The van der Waals surface area contributed by atoms with Crippen LogP contribution in [0.4, 0.5) is 0 Å². The van der Waals surface area contributed by atoms with Crippen molar-refractivity contribution in [2.24, 2.45) is 12.9 Å². The Morgan fingerprint density at radius 3 is 2.83 bits per heavy atom. The predicted molar refractivity (Wildman–Crippen MR) is 48.3 cm³/mol. The van der Waals surface area contributed by atoms with Crippen molar-refractivity contribution >= 4 is 0 Å². The van der Waals surface area contributed by atoms with Crippen LogP contribution in [-0.4, -0.2) is 9.78 Å². The minimum Gasteiger partial charge on any atom is -0.271 e. The molecule has 0 saturated carbocycles. The Labute approximate surface area is 72.7 Å². The van der Waals surface area contributed by atoms with Gasteiger partial charge in [-0.2, -0.15) is 5.10 Å². The molecular weight excluding hydrogens is 152 g/mol. The summed E-state index contributed by atoms with van der Waals surface area (Å²) in [6, 6.07) is 2.23. The van der Waals surface area contributed by atoms with E-state index in [0.29, 0.717) is 0 Å². The van der Waals surface area contributed by atoms with Crippen molar-refractivity contribution in [3.8, 4) is 0 Å². The van der Waals surface area contributed by atoms with Crippen molar-refractivity contribution in [1.82, 2.24) is 15.2 Å². The second kappa shape index (κ2) is 3.69. The zero-order valence-corrected chi connectivity index (χ0v) is 7.83. The molecule has 68 valence electrons. The van der Waals surface area contributed by atoms with E-state index in [1.165, 1.54) is 0 Å². The van der Waals surface area contributed by atoms with E-state index in [0.717, 1.165) is 17.8 Å². The largest absolute Gasteiger partial charge is 0.271 e. The fourth-order valence-electron chi connectivity index (χ4n) is 1.21. The third-order valence-electron chi connectivity index (χ3n) is 2.02. The van der Waals surface area contributed by atoms with E-state index in [4.69, 9.17) is 5.84 Å². The molecule has 0 fully saturated rings. The summed E-state index contributed by atoms with van der Waals surface area (Å²) in [5.74, 6) is 5.33. The number of nitrogens with one attached hydrogen (secondary N) is 1. The number of aromatic nitrogens is 2. The quantitative estimate of drug-likeness (QED) is 0.510. The lowest BCUT2D eigenvalue weighted by atomic mass is 10.2. The molecule has 1 aromatic heterocycles. The lowest BCUT2D eigenvalue weighted by molar-refractivity contribution is 0.547. The molecule has 3 N–H and O–H groups in total. The third-order valence-corrected chi connectivity index (χ3v) is 2.02. The first kappa shape index (κ1) is 9.22. The van der Waals surface area contributed by atoms with Gasteiger partial charge in [0.05, 0.1) is 17.4 Å². The summed E-state index contributed by atoms with van der Waals surface area (Å²) < 4.78 is 1.86. The normalized spacial score (nSPS) is 13.3. The van der Waals surface area contributed by atoms with Crippen LogP contribution in [0.15, 0.2) is 6.07 Å². The van der Waals surface area contributed by atoms with Crippen LogP contribution < -0.4 is 11.3 Å². The van der Waals surface area contributed by atoms with Gasteiger partial charge in [-0.15, -0.1) is 0 Å². The molecule has 1 atom stereocenters. The number of aryl methyl sites for hydroxylation is 2. The predicted octanol–water partition coefficient (Wildman–Crippen LogP) is 0.507. The van der Waals surface area contributed by atoms with Crippen LogP contribution >= 0.6 is 0 Å². The highest BCUT2D eigenvalue weighted by atomic mass is 15.3. The first-order valence-corrected chi connectivity index (χ1v) is 4.18.